The summed E-state index contributed by atoms with van der Waals surface area (Å²) in [4.78, 5) is 16.3. The Hall–Kier alpha value is -1.42. The van der Waals surface area contributed by atoms with E-state index in [9.17, 15) is 13.2 Å². The van der Waals surface area contributed by atoms with E-state index in [1.807, 2.05) is 13.0 Å². The van der Waals surface area contributed by atoms with E-state index in [4.69, 9.17) is 0 Å². The van der Waals surface area contributed by atoms with E-state index in [2.05, 4.69) is 15.0 Å². The number of carbonyl (C=O) groups excluding carboxylic acids is 1. The van der Waals surface area contributed by atoms with Gasteiger partial charge >= 0.3 is 0 Å². The molecule has 2 N–H and O–H groups in total. The number of hydrogen-bond acceptors (Lipinski definition) is 6. The van der Waals surface area contributed by atoms with Crippen LogP contribution in [0.4, 0.5) is 5.69 Å². The number of pyridine rings is 1. The van der Waals surface area contributed by atoms with Gasteiger partial charge in [0.15, 0.2) is 0 Å². The average molecular weight is 372 g/mol. The standard InChI is InChI=1S/C14H17N3O3S3/c1-3-21-12-7-6-11(9-15-12)16-14(18)10(2)17-23(19,20)13-5-4-8-22-13/h4-10,17H,3H2,1-2H3,(H,16,18). The van der Waals surface area contributed by atoms with Crippen molar-refractivity contribution in [2.24, 2.45) is 0 Å². The first-order valence-corrected chi connectivity index (χ1v) is 10.2. The van der Waals surface area contributed by atoms with Crippen LogP contribution in [0.2, 0.25) is 0 Å². The predicted molar refractivity (Wildman–Crippen MR) is 93.4 cm³/mol. The first-order valence-electron chi connectivity index (χ1n) is 6.88. The van der Waals surface area contributed by atoms with E-state index in [1.165, 1.54) is 13.0 Å². The van der Waals surface area contributed by atoms with Crippen molar-refractivity contribution < 1.29 is 13.2 Å². The van der Waals surface area contributed by atoms with Gasteiger partial charge in [0.1, 0.15) is 4.21 Å². The lowest BCUT2D eigenvalue weighted by Gasteiger charge is -2.13. The monoisotopic (exact) mass is 371 g/mol. The van der Waals surface area contributed by atoms with Crippen molar-refractivity contribution in [3.05, 3.63) is 35.8 Å². The quantitative estimate of drug-likeness (QED) is 0.730. The van der Waals surface area contributed by atoms with Crippen LogP contribution >= 0.6 is 23.1 Å². The molecule has 2 aromatic rings. The second-order valence-electron chi connectivity index (χ2n) is 4.58. The summed E-state index contributed by atoms with van der Waals surface area (Å²) in [7, 11) is -3.68. The molecule has 1 atom stereocenters. The zero-order valence-electron chi connectivity index (χ0n) is 12.6. The van der Waals surface area contributed by atoms with Crippen molar-refractivity contribution in [1.82, 2.24) is 9.71 Å². The lowest BCUT2D eigenvalue weighted by Crippen LogP contribution is -2.41. The fourth-order valence-corrected chi connectivity index (χ4v) is 4.50. The Morgan fingerprint density at radius 3 is 2.74 bits per heavy atom. The van der Waals surface area contributed by atoms with Gasteiger partial charge in [-0.25, -0.2) is 13.4 Å². The van der Waals surface area contributed by atoms with E-state index in [1.54, 1.807) is 35.5 Å². The van der Waals surface area contributed by atoms with Gasteiger partial charge in [-0.2, -0.15) is 4.72 Å². The third kappa shape index (κ3) is 5.03. The minimum Gasteiger partial charge on any atom is -0.323 e. The smallest absolute Gasteiger partial charge is 0.250 e. The topological polar surface area (TPSA) is 88.2 Å². The third-order valence-electron chi connectivity index (χ3n) is 2.78. The van der Waals surface area contributed by atoms with Gasteiger partial charge in [-0.05, 0) is 36.3 Å². The number of amides is 1. The summed E-state index contributed by atoms with van der Waals surface area (Å²) in [6, 6.07) is 5.79. The Bertz CT molecular complexity index is 743. The molecule has 2 aromatic heterocycles. The molecular formula is C14H17N3O3S3. The highest BCUT2D eigenvalue weighted by Crippen LogP contribution is 2.17. The number of anilines is 1. The molecule has 0 bridgehead atoms. The van der Waals surface area contributed by atoms with Crippen LogP contribution in [0.5, 0.6) is 0 Å². The minimum atomic E-state index is -3.68. The van der Waals surface area contributed by atoms with Gasteiger partial charge in [-0.15, -0.1) is 23.1 Å². The number of rotatable bonds is 7. The molecule has 1 amide bonds. The largest absolute Gasteiger partial charge is 0.323 e. The van der Waals surface area contributed by atoms with Gasteiger partial charge < -0.3 is 5.32 Å². The number of thiophene rings is 1. The van der Waals surface area contributed by atoms with E-state index in [0.29, 0.717) is 5.69 Å². The second kappa shape index (κ2) is 7.91. The summed E-state index contributed by atoms with van der Waals surface area (Å²) in [5.41, 5.74) is 0.526. The van der Waals surface area contributed by atoms with Crippen molar-refractivity contribution >= 4 is 44.7 Å². The number of thioether (sulfide) groups is 1. The first kappa shape index (κ1) is 17.9. The fraction of sp³-hybridized carbons (Fsp3) is 0.286. The van der Waals surface area contributed by atoms with Gasteiger partial charge in [0, 0.05) is 0 Å². The van der Waals surface area contributed by atoms with Crippen LogP contribution < -0.4 is 10.0 Å². The molecule has 124 valence electrons. The molecule has 6 nitrogen and oxygen atoms in total. The average Bonchev–Trinajstić information content (AvgIpc) is 3.04. The fourth-order valence-electron chi connectivity index (χ4n) is 1.70. The van der Waals surface area contributed by atoms with Crippen molar-refractivity contribution in [1.29, 1.82) is 0 Å². The summed E-state index contributed by atoms with van der Waals surface area (Å²) in [6.45, 7) is 3.53. The summed E-state index contributed by atoms with van der Waals surface area (Å²) < 4.78 is 26.7. The summed E-state index contributed by atoms with van der Waals surface area (Å²) in [6.07, 6.45) is 1.55. The van der Waals surface area contributed by atoms with Gasteiger partial charge in [0.05, 0.1) is 23.0 Å². The Morgan fingerprint density at radius 1 is 1.39 bits per heavy atom. The van der Waals surface area contributed by atoms with Gasteiger partial charge in [0.2, 0.25) is 5.91 Å². The van der Waals surface area contributed by atoms with Crippen molar-refractivity contribution in [3.8, 4) is 0 Å². The molecule has 2 rings (SSSR count). The van der Waals surface area contributed by atoms with Crippen LogP contribution in [0.1, 0.15) is 13.8 Å². The Labute approximate surface area is 143 Å². The van der Waals surface area contributed by atoms with Crippen molar-refractivity contribution in [2.45, 2.75) is 29.1 Å². The molecule has 0 fully saturated rings. The molecule has 0 aliphatic heterocycles. The van der Waals surface area contributed by atoms with Crippen LogP contribution in [0.3, 0.4) is 0 Å². The van der Waals surface area contributed by atoms with E-state index in [0.717, 1.165) is 22.1 Å². The molecule has 23 heavy (non-hydrogen) atoms. The Kier molecular flexibility index (Phi) is 6.17. The third-order valence-corrected chi connectivity index (χ3v) is 6.55. The number of aromatic nitrogens is 1. The minimum absolute atomic E-state index is 0.180. The van der Waals surface area contributed by atoms with E-state index < -0.39 is 22.0 Å². The molecule has 0 radical (unpaired) electrons. The molecule has 2 heterocycles. The zero-order chi connectivity index (χ0) is 16.9. The lowest BCUT2D eigenvalue weighted by molar-refractivity contribution is -0.117. The Morgan fingerprint density at radius 2 is 2.17 bits per heavy atom. The summed E-state index contributed by atoms with van der Waals surface area (Å²) in [5.74, 6) is 0.475. The van der Waals surface area contributed by atoms with Crippen LogP contribution in [0.15, 0.2) is 45.1 Å². The highest BCUT2D eigenvalue weighted by atomic mass is 32.2. The number of sulfonamides is 1. The molecular weight excluding hydrogens is 354 g/mol. The normalized spacial score (nSPS) is 12.8. The molecule has 0 aliphatic rings. The zero-order valence-corrected chi connectivity index (χ0v) is 15.1. The lowest BCUT2D eigenvalue weighted by atomic mass is 10.3. The van der Waals surface area contributed by atoms with Gasteiger partial charge in [-0.1, -0.05) is 13.0 Å². The summed E-state index contributed by atoms with van der Waals surface area (Å²) in [5, 5.41) is 5.18. The molecule has 0 aromatic carbocycles. The van der Waals surface area contributed by atoms with Crippen molar-refractivity contribution in [2.75, 3.05) is 11.1 Å². The number of hydrogen-bond donors (Lipinski definition) is 2. The van der Waals surface area contributed by atoms with Crippen LogP contribution in [-0.4, -0.2) is 31.1 Å². The second-order valence-corrected chi connectivity index (χ2v) is 8.76. The maximum Gasteiger partial charge on any atom is 0.250 e. The van der Waals surface area contributed by atoms with Crippen LogP contribution in [0.25, 0.3) is 0 Å². The van der Waals surface area contributed by atoms with Crippen molar-refractivity contribution in [3.63, 3.8) is 0 Å². The highest BCUT2D eigenvalue weighted by molar-refractivity contribution is 7.99. The molecule has 0 aliphatic carbocycles. The predicted octanol–water partition coefficient (Wildman–Crippen LogP) is 2.56. The highest BCUT2D eigenvalue weighted by Gasteiger charge is 2.22. The Balaban J connectivity index is 1.97. The molecule has 0 spiro atoms. The van der Waals surface area contributed by atoms with Crippen LogP contribution in [0, 0.1) is 0 Å². The van der Waals surface area contributed by atoms with Gasteiger partial charge in [-0.3, -0.25) is 4.79 Å². The number of nitrogens with one attached hydrogen (secondary N) is 2. The molecule has 1 unspecified atom stereocenters. The number of nitrogens with zero attached hydrogens (tertiary/aromatic N) is 1. The van der Waals surface area contributed by atoms with Crippen LogP contribution in [-0.2, 0) is 14.8 Å². The number of carbonyl (C=O) groups is 1. The maximum atomic E-state index is 12.1. The van der Waals surface area contributed by atoms with E-state index in [-0.39, 0.29) is 4.21 Å². The first-order chi connectivity index (χ1) is 10.9. The van der Waals surface area contributed by atoms with Gasteiger partial charge in [0.25, 0.3) is 10.0 Å². The molecule has 9 heteroatoms. The SMILES string of the molecule is CCSc1ccc(NC(=O)C(C)NS(=O)(=O)c2cccs2)cn1. The summed E-state index contributed by atoms with van der Waals surface area (Å²) >= 11 is 2.70. The molecule has 0 saturated carbocycles. The van der Waals surface area contributed by atoms with E-state index >= 15 is 0 Å². The molecule has 0 saturated heterocycles. The maximum absolute atomic E-state index is 12.1.